The number of hydrogen-bond donors (Lipinski definition) is 0. The van der Waals surface area contributed by atoms with E-state index in [0.29, 0.717) is 6.42 Å². The molecule has 3 nitrogen and oxygen atoms in total. The van der Waals surface area contributed by atoms with Crippen molar-refractivity contribution in [2.45, 2.75) is 25.7 Å². The van der Waals surface area contributed by atoms with Crippen LogP contribution in [-0.4, -0.2) is 18.9 Å². The number of fused-ring (bicyclic) bond motifs is 1. The number of ketones is 1. The van der Waals surface area contributed by atoms with Gasteiger partial charge >= 0.3 is 5.97 Å². The molecule has 1 aromatic rings. The Labute approximate surface area is 101 Å². The van der Waals surface area contributed by atoms with Gasteiger partial charge in [0.15, 0.2) is 5.78 Å². The number of carbonyl (C=O) groups excluding carboxylic acids is 2. The van der Waals surface area contributed by atoms with E-state index < -0.39 is 11.9 Å². The van der Waals surface area contributed by atoms with Crippen molar-refractivity contribution in [1.29, 1.82) is 0 Å². The first kappa shape index (κ1) is 11.8. The number of hydrogen-bond acceptors (Lipinski definition) is 3. The number of methoxy groups -OCH3 is 1. The molecule has 0 aliphatic heterocycles. The van der Waals surface area contributed by atoms with Gasteiger partial charge in [-0.25, -0.2) is 0 Å². The molecule has 1 aliphatic carbocycles. The summed E-state index contributed by atoms with van der Waals surface area (Å²) in [6.45, 7) is 1.84. The Balaban J connectivity index is 2.15. The van der Waals surface area contributed by atoms with E-state index in [0.717, 1.165) is 12.0 Å². The van der Waals surface area contributed by atoms with Crippen molar-refractivity contribution < 1.29 is 14.3 Å². The van der Waals surface area contributed by atoms with Crippen LogP contribution < -0.4 is 0 Å². The predicted octanol–water partition coefficient (Wildman–Crippen LogP) is 2.09. The lowest BCUT2D eigenvalue weighted by molar-refractivity contribution is -0.150. The lowest BCUT2D eigenvalue weighted by Crippen LogP contribution is -2.34. The van der Waals surface area contributed by atoms with E-state index in [-0.39, 0.29) is 11.7 Å². The van der Waals surface area contributed by atoms with Crippen molar-refractivity contribution >= 4 is 11.8 Å². The second-order valence-electron chi connectivity index (χ2n) is 4.34. The molecule has 0 heterocycles. The summed E-state index contributed by atoms with van der Waals surface area (Å²) in [6, 6.07) is 7.89. The fraction of sp³-hybridized carbons (Fsp3) is 0.429. The highest BCUT2D eigenvalue weighted by atomic mass is 16.5. The van der Waals surface area contributed by atoms with Gasteiger partial charge in [0, 0.05) is 5.92 Å². The molecule has 2 atom stereocenters. The monoisotopic (exact) mass is 232 g/mol. The predicted molar refractivity (Wildman–Crippen MR) is 63.7 cm³/mol. The number of benzene rings is 1. The highest BCUT2D eigenvalue weighted by molar-refractivity contribution is 6.03. The van der Waals surface area contributed by atoms with Crippen molar-refractivity contribution in [3.8, 4) is 0 Å². The van der Waals surface area contributed by atoms with Gasteiger partial charge < -0.3 is 4.74 Å². The molecule has 0 saturated heterocycles. The second kappa shape index (κ2) is 4.70. The Morgan fingerprint density at radius 3 is 2.71 bits per heavy atom. The van der Waals surface area contributed by atoms with Crippen LogP contribution in [0.15, 0.2) is 24.3 Å². The van der Waals surface area contributed by atoms with Crippen LogP contribution in [0.25, 0.3) is 0 Å². The summed E-state index contributed by atoms with van der Waals surface area (Å²) < 4.78 is 4.67. The van der Waals surface area contributed by atoms with Crippen LogP contribution in [0.1, 0.15) is 30.4 Å². The van der Waals surface area contributed by atoms with E-state index in [1.165, 1.54) is 12.7 Å². The summed E-state index contributed by atoms with van der Waals surface area (Å²) in [6.07, 6.45) is 1.26. The van der Waals surface area contributed by atoms with Gasteiger partial charge in [0.1, 0.15) is 5.92 Å². The van der Waals surface area contributed by atoms with Crippen molar-refractivity contribution in [3.63, 3.8) is 0 Å². The van der Waals surface area contributed by atoms with Gasteiger partial charge in [0.25, 0.3) is 0 Å². The maximum atomic E-state index is 12.2. The van der Waals surface area contributed by atoms with Gasteiger partial charge in [-0.05, 0) is 24.0 Å². The zero-order chi connectivity index (χ0) is 12.4. The zero-order valence-corrected chi connectivity index (χ0v) is 10.1. The Morgan fingerprint density at radius 1 is 1.41 bits per heavy atom. The first-order valence-electron chi connectivity index (χ1n) is 5.88. The SMILES string of the molecule is CCC(C(=O)OC)C(=O)C1Cc2ccccc21. The summed E-state index contributed by atoms with van der Waals surface area (Å²) in [5.74, 6) is -1.14. The molecule has 0 fully saturated rings. The normalized spacial score (nSPS) is 18.8. The van der Waals surface area contributed by atoms with Gasteiger partial charge in [-0.1, -0.05) is 31.2 Å². The van der Waals surface area contributed by atoms with Crippen LogP contribution in [0, 0.1) is 5.92 Å². The molecule has 90 valence electrons. The molecule has 0 bridgehead atoms. The maximum Gasteiger partial charge on any atom is 0.316 e. The van der Waals surface area contributed by atoms with Crippen LogP contribution >= 0.6 is 0 Å². The molecular weight excluding hydrogens is 216 g/mol. The van der Waals surface area contributed by atoms with E-state index in [2.05, 4.69) is 4.74 Å². The van der Waals surface area contributed by atoms with Crippen LogP contribution in [-0.2, 0) is 20.7 Å². The molecule has 2 unspecified atom stereocenters. The molecule has 0 radical (unpaired) electrons. The maximum absolute atomic E-state index is 12.2. The number of ether oxygens (including phenoxy) is 1. The Morgan fingerprint density at radius 2 is 2.12 bits per heavy atom. The minimum absolute atomic E-state index is 0.00181. The fourth-order valence-electron chi connectivity index (χ4n) is 2.38. The van der Waals surface area contributed by atoms with E-state index in [9.17, 15) is 9.59 Å². The molecule has 0 aromatic heterocycles. The van der Waals surface area contributed by atoms with Crippen molar-refractivity contribution in [3.05, 3.63) is 35.4 Å². The Hall–Kier alpha value is -1.64. The molecule has 3 heteroatoms. The van der Waals surface area contributed by atoms with Crippen LogP contribution in [0.3, 0.4) is 0 Å². The van der Waals surface area contributed by atoms with E-state index in [1.54, 1.807) is 0 Å². The van der Waals surface area contributed by atoms with Crippen molar-refractivity contribution in [1.82, 2.24) is 0 Å². The zero-order valence-electron chi connectivity index (χ0n) is 10.1. The van der Waals surface area contributed by atoms with Gasteiger partial charge in [0.05, 0.1) is 7.11 Å². The fourth-order valence-corrected chi connectivity index (χ4v) is 2.38. The van der Waals surface area contributed by atoms with Crippen LogP contribution in [0.5, 0.6) is 0 Å². The summed E-state index contributed by atoms with van der Waals surface area (Å²) in [7, 11) is 1.33. The molecular formula is C14H16O3. The van der Waals surface area contributed by atoms with E-state index in [1.807, 2.05) is 31.2 Å². The van der Waals surface area contributed by atoms with Gasteiger partial charge in [-0.3, -0.25) is 9.59 Å². The molecule has 2 rings (SSSR count). The largest absolute Gasteiger partial charge is 0.468 e. The molecule has 0 spiro atoms. The van der Waals surface area contributed by atoms with Gasteiger partial charge in [-0.15, -0.1) is 0 Å². The Bertz CT molecular complexity index is 451. The third kappa shape index (κ3) is 1.97. The van der Waals surface area contributed by atoms with Crippen molar-refractivity contribution in [2.75, 3.05) is 7.11 Å². The summed E-state index contributed by atoms with van der Waals surface area (Å²) >= 11 is 0. The minimum Gasteiger partial charge on any atom is -0.468 e. The lowest BCUT2D eigenvalue weighted by atomic mass is 9.72. The molecule has 1 aromatic carbocycles. The summed E-state index contributed by atoms with van der Waals surface area (Å²) in [4.78, 5) is 23.7. The molecule has 1 aliphatic rings. The van der Waals surface area contributed by atoms with Crippen LogP contribution in [0.2, 0.25) is 0 Å². The number of Topliss-reactive ketones (excluding diaryl/α,β-unsaturated/α-hetero) is 1. The van der Waals surface area contributed by atoms with Crippen molar-refractivity contribution in [2.24, 2.45) is 5.92 Å². The number of carbonyl (C=O) groups is 2. The second-order valence-corrected chi connectivity index (χ2v) is 4.34. The van der Waals surface area contributed by atoms with Gasteiger partial charge in [-0.2, -0.15) is 0 Å². The molecule has 0 saturated carbocycles. The number of rotatable bonds is 4. The number of esters is 1. The first-order valence-corrected chi connectivity index (χ1v) is 5.88. The third-order valence-corrected chi connectivity index (χ3v) is 3.44. The third-order valence-electron chi connectivity index (χ3n) is 3.44. The quantitative estimate of drug-likeness (QED) is 0.589. The standard InChI is InChI=1S/C14H16O3/c1-3-10(14(16)17-2)13(15)12-8-9-6-4-5-7-11(9)12/h4-7,10,12H,3,8H2,1-2H3. The Kier molecular flexibility index (Phi) is 3.27. The highest BCUT2D eigenvalue weighted by Gasteiger charge is 2.38. The summed E-state index contributed by atoms with van der Waals surface area (Å²) in [5, 5.41) is 0. The average Bonchev–Trinajstić information content (AvgIpc) is 2.31. The van der Waals surface area contributed by atoms with E-state index in [4.69, 9.17) is 0 Å². The summed E-state index contributed by atoms with van der Waals surface area (Å²) in [5.41, 5.74) is 2.28. The van der Waals surface area contributed by atoms with E-state index >= 15 is 0 Å². The smallest absolute Gasteiger partial charge is 0.316 e. The molecule has 0 N–H and O–H groups in total. The lowest BCUT2D eigenvalue weighted by Gasteiger charge is -2.30. The first-order chi connectivity index (χ1) is 8.19. The molecule has 0 amide bonds. The average molecular weight is 232 g/mol. The highest BCUT2D eigenvalue weighted by Crippen LogP contribution is 2.37. The minimum atomic E-state index is -0.613. The van der Waals surface area contributed by atoms with Gasteiger partial charge in [0.2, 0.25) is 0 Å². The topological polar surface area (TPSA) is 43.4 Å². The molecule has 17 heavy (non-hydrogen) atoms. The van der Waals surface area contributed by atoms with Crippen LogP contribution in [0.4, 0.5) is 0 Å².